The van der Waals surface area contributed by atoms with Gasteiger partial charge in [-0.2, -0.15) is 0 Å². The number of nitrogens with zero attached hydrogens (tertiary/aromatic N) is 1. The summed E-state index contributed by atoms with van der Waals surface area (Å²) < 4.78 is 5.54. The molecule has 1 aliphatic heterocycles. The summed E-state index contributed by atoms with van der Waals surface area (Å²) in [5.74, 6) is 0.960. The van der Waals surface area contributed by atoms with Gasteiger partial charge in [-0.05, 0) is 60.7 Å². The van der Waals surface area contributed by atoms with Crippen molar-refractivity contribution in [1.29, 1.82) is 0 Å². The Morgan fingerprint density at radius 3 is 2.40 bits per heavy atom. The molecule has 1 unspecified atom stereocenters. The summed E-state index contributed by atoms with van der Waals surface area (Å²) in [6.07, 6.45) is 3.42. The minimum Gasteiger partial charge on any atom is -0.497 e. The quantitative estimate of drug-likeness (QED) is 0.790. The standard InChI is InChI=1S/C23H27NO/c1-23(19-7-5-4-6-8-19)16-18-9-10-20(25-3)15-21(18)22(23)17-11-13-24(2)14-12-17/h4-10,15H,11-14,16H2,1-3H3. The van der Waals surface area contributed by atoms with Gasteiger partial charge in [-0.3, -0.25) is 0 Å². The monoisotopic (exact) mass is 333 g/mol. The summed E-state index contributed by atoms with van der Waals surface area (Å²) >= 11 is 0. The molecule has 0 saturated carbocycles. The highest BCUT2D eigenvalue weighted by Gasteiger charge is 2.41. The number of rotatable bonds is 2. The first-order valence-corrected chi connectivity index (χ1v) is 9.25. The fraction of sp³-hybridized carbons (Fsp3) is 0.391. The van der Waals surface area contributed by atoms with E-state index in [2.05, 4.69) is 67.4 Å². The van der Waals surface area contributed by atoms with Gasteiger partial charge in [0.25, 0.3) is 0 Å². The van der Waals surface area contributed by atoms with E-state index >= 15 is 0 Å². The predicted molar refractivity (Wildman–Crippen MR) is 104 cm³/mol. The van der Waals surface area contributed by atoms with Crippen LogP contribution in [0.1, 0.15) is 36.5 Å². The van der Waals surface area contributed by atoms with E-state index in [0.29, 0.717) is 0 Å². The Labute approximate surface area is 151 Å². The second-order valence-electron chi connectivity index (χ2n) is 7.68. The average molecular weight is 333 g/mol. The van der Waals surface area contributed by atoms with Crippen LogP contribution in [-0.2, 0) is 11.8 Å². The molecule has 0 amide bonds. The van der Waals surface area contributed by atoms with Crippen molar-refractivity contribution in [2.45, 2.75) is 31.6 Å². The average Bonchev–Trinajstić information content (AvgIpc) is 2.95. The zero-order chi connectivity index (χ0) is 17.4. The van der Waals surface area contributed by atoms with Gasteiger partial charge in [0.2, 0.25) is 0 Å². The van der Waals surface area contributed by atoms with Crippen LogP contribution in [0.5, 0.6) is 5.75 Å². The normalized spacial score (nSPS) is 23.6. The van der Waals surface area contributed by atoms with Crippen LogP contribution in [0, 0.1) is 0 Å². The zero-order valence-corrected chi connectivity index (χ0v) is 15.5. The molecule has 2 nitrogen and oxygen atoms in total. The first-order valence-electron chi connectivity index (χ1n) is 9.25. The zero-order valence-electron chi connectivity index (χ0n) is 15.5. The molecule has 0 N–H and O–H groups in total. The van der Waals surface area contributed by atoms with Gasteiger partial charge in [-0.25, -0.2) is 0 Å². The van der Waals surface area contributed by atoms with E-state index in [4.69, 9.17) is 4.74 Å². The summed E-state index contributed by atoms with van der Waals surface area (Å²) in [5.41, 5.74) is 7.53. The third-order valence-corrected chi connectivity index (χ3v) is 6.04. The molecule has 2 aromatic rings. The second-order valence-corrected chi connectivity index (χ2v) is 7.68. The summed E-state index contributed by atoms with van der Waals surface area (Å²) in [6.45, 7) is 4.74. The fourth-order valence-electron chi connectivity index (χ4n) is 4.61. The SMILES string of the molecule is COc1ccc2c(c1)C(=C1CCN(C)CC1)C(C)(c1ccccc1)C2. The van der Waals surface area contributed by atoms with Gasteiger partial charge in [0.05, 0.1) is 7.11 Å². The molecular weight excluding hydrogens is 306 g/mol. The highest BCUT2D eigenvalue weighted by atomic mass is 16.5. The highest BCUT2D eigenvalue weighted by molar-refractivity contribution is 5.84. The molecule has 130 valence electrons. The van der Waals surface area contributed by atoms with Crippen LogP contribution in [0.3, 0.4) is 0 Å². The van der Waals surface area contributed by atoms with Crippen LogP contribution in [0.25, 0.3) is 5.57 Å². The number of likely N-dealkylation sites (tertiary alicyclic amines) is 1. The molecule has 4 rings (SSSR count). The predicted octanol–water partition coefficient (Wildman–Crippen LogP) is 4.69. The van der Waals surface area contributed by atoms with Crippen molar-refractivity contribution in [3.63, 3.8) is 0 Å². The number of benzene rings is 2. The summed E-state index contributed by atoms with van der Waals surface area (Å²) in [4.78, 5) is 2.44. The van der Waals surface area contributed by atoms with Gasteiger partial charge in [0, 0.05) is 18.5 Å². The molecule has 2 aromatic carbocycles. The van der Waals surface area contributed by atoms with Crippen molar-refractivity contribution in [1.82, 2.24) is 4.90 Å². The van der Waals surface area contributed by atoms with Crippen LogP contribution < -0.4 is 4.74 Å². The smallest absolute Gasteiger partial charge is 0.119 e. The molecule has 1 saturated heterocycles. The molecule has 1 aliphatic carbocycles. The second kappa shape index (κ2) is 6.34. The topological polar surface area (TPSA) is 12.5 Å². The molecule has 0 bridgehead atoms. The van der Waals surface area contributed by atoms with Gasteiger partial charge < -0.3 is 9.64 Å². The number of allylic oxidation sites excluding steroid dienone is 1. The fourth-order valence-corrected chi connectivity index (χ4v) is 4.61. The van der Waals surface area contributed by atoms with E-state index in [1.165, 1.54) is 29.5 Å². The van der Waals surface area contributed by atoms with Gasteiger partial charge >= 0.3 is 0 Å². The molecule has 25 heavy (non-hydrogen) atoms. The highest BCUT2D eigenvalue weighted by Crippen LogP contribution is 2.51. The maximum atomic E-state index is 5.54. The third kappa shape index (κ3) is 2.79. The van der Waals surface area contributed by atoms with E-state index in [-0.39, 0.29) is 5.41 Å². The van der Waals surface area contributed by atoms with Crippen molar-refractivity contribution < 1.29 is 4.74 Å². The van der Waals surface area contributed by atoms with Crippen molar-refractivity contribution in [3.8, 4) is 5.75 Å². The Kier molecular flexibility index (Phi) is 4.16. The van der Waals surface area contributed by atoms with E-state index in [0.717, 1.165) is 25.3 Å². The Morgan fingerprint density at radius 2 is 1.72 bits per heavy atom. The molecular formula is C23H27NO. The van der Waals surface area contributed by atoms with Crippen LogP contribution in [0.2, 0.25) is 0 Å². The Bertz CT molecular complexity index is 798. The van der Waals surface area contributed by atoms with E-state index < -0.39 is 0 Å². The van der Waals surface area contributed by atoms with Crippen molar-refractivity contribution in [3.05, 3.63) is 70.8 Å². The van der Waals surface area contributed by atoms with Gasteiger partial charge in [-0.1, -0.05) is 48.9 Å². The minimum atomic E-state index is 0.0567. The third-order valence-electron chi connectivity index (χ3n) is 6.04. The Hall–Kier alpha value is -2.06. The Morgan fingerprint density at radius 1 is 1.00 bits per heavy atom. The number of ether oxygens (including phenoxy) is 1. The summed E-state index contributed by atoms with van der Waals surface area (Å²) in [5, 5.41) is 0. The van der Waals surface area contributed by atoms with Gasteiger partial charge in [0.15, 0.2) is 0 Å². The number of hydrogen-bond donors (Lipinski definition) is 0. The van der Waals surface area contributed by atoms with Crippen molar-refractivity contribution in [2.24, 2.45) is 0 Å². The summed E-state index contributed by atoms with van der Waals surface area (Å²) in [6, 6.07) is 17.6. The lowest BCUT2D eigenvalue weighted by atomic mass is 9.73. The van der Waals surface area contributed by atoms with Crippen molar-refractivity contribution in [2.75, 3.05) is 27.2 Å². The lowest BCUT2D eigenvalue weighted by molar-refractivity contribution is 0.312. The largest absolute Gasteiger partial charge is 0.497 e. The van der Waals surface area contributed by atoms with Crippen LogP contribution >= 0.6 is 0 Å². The Balaban J connectivity index is 1.89. The number of hydrogen-bond acceptors (Lipinski definition) is 2. The van der Waals surface area contributed by atoms with Crippen LogP contribution in [-0.4, -0.2) is 32.1 Å². The van der Waals surface area contributed by atoms with E-state index in [1.54, 1.807) is 18.3 Å². The molecule has 1 heterocycles. The molecule has 0 aromatic heterocycles. The first kappa shape index (κ1) is 16.4. The first-order chi connectivity index (χ1) is 12.1. The maximum absolute atomic E-state index is 5.54. The number of piperidine rings is 1. The van der Waals surface area contributed by atoms with Crippen molar-refractivity contribution >= 4 is 5.57 Å². The lowest BCUT2D eigenvalue weighted by Crippen LogP contribution is -2.29. The molecule has 0 radical (unpaired) electrons. The maximum Gasteiger partial charge on any atom is 0.119 e. The molecule has 1 fully saturated rings. The van der Waals surface area contributed by atoms with Gasteiger partial charge in [-0.15, -0.1) is 0 Å². The van der Waals surface area contributed by atoms with Gasteiger partial charge in [0.1, 0.15) is 5.75 Å². The number of fused-ring (bicyclic) bond motifs is 1. The number of methoxy groups -OCH3 is 1. The molecule has 2 heteroatoms. The molecule has 0 spiro atoms. The lowest BCUT2D eigenvalue weighted by Gasteiger charge is -2.33. The summed E-state index contributed by atoms with van der Waals surface area (Å²) in [7, 11) is 3.99. The van der Waals surface area contributed by atoms with Crippen LogP contribution in [0.4, 0.5) is 0 Å². The molecule has 1 atom stereocenters. The van der Waals surface area contributed by atoms with E-state index in [1.807, 2.05) is 0 Å². The molecule has 2 aliphatic rings. The minimum absolute atomic E-state index is 0.0567. The van der Waals surface area contributed by atoms with Crippen LogP contribution in [0.15, 0.2) is 54.1 Å². The van der Waals surface area contributed by atoms with E-state index in [9.17, 15) is 0 Å².